The number of hydrogen-bond acceptors (Lipinski definition) is 4. The van der Waals surface area contributed by atoms with E-state index in [2.05, 4.69) is 4.84 Å². The van der Waals surface area contributed by atoms with Crippen molar-refractivity contribution in [1.29, 1.82) is 0 Å². The van der Waals surface area contributed by atoms with Gasteiger partial charge in [0.25, 0.3) is 11.8 Å². The minimum atomic E-state index is -1.90. The summed E-state index contributed by atoms with van der Waals surface area (Å²) in [6.07, 6.45) is 0. The van der Waals surface area contributed by atoms with Gasteiger partial charge in [-0.1, -0.05) is 17.2 Å². The number of fused-ring (bicyclic) bond motifs is 1. The van der Waals surface area contributed by atoms with E-state index in [1.807, 2.05) is 0 Å². The minimum absolute atomic E-state index is 0.136. The van der Waals surface area contributed by atoms with Gasteiger partial charge >= 0.3 is 5.97 Å². The lowest BCUT2D eigenvalue weighted by Gasteiger charge is -2.10. The Morgan fingerprint density at radius 3 is 2.27 bits per heavy atom. The van der Waals surface area contributed by atoms with E-state index >= 15 is 0 Å². The number of nitrogens with zero attached hydrogens (tertiary/aromatic N) is 1. The van der Waals surface area contributed by atoms with Gasteiger partial charge in [-0.05, 0) is 12.1 Å². The van der Waals surface area contributed by atoms with Crippen LogP contribution in [0.25, 0.3) is 0 Å². The van der Waals surface area contributed by atoms with Crippen molar-refractivity contribution in [3.8, 4) is 0 Å². The Kier molecular flexibility index (Phi) is 1.53. The van der Waals surface area contributed by atoms with Gasteiger partial charge < -0.3 is 4.84 Å². The van der Waals surface area contributed by atoms with Crippen molar-refractivity contribution >= 4 is 17.8 Å². The molecule has 0 saturated heterocycles. The Balaban J connectivity index is 2.28. The van der Waals surface area contributed by atoms with E-state index in [4.69, 9.17) is 2.74 Å². The predicted molar refractivity (Wildman–Crippen MR) is 48.7 cm³/mol. The Hall–Kier alpha value is -2.17. The van der Waals surface area contributed by atoms with Crippen molar-refractivity contribution in [3.63, 3.8) is 0 Å². The minimum Gasteiger partial charge on any atom is -0.330 e. The van der Waals surface area contributed by atoms with Crippen LogP contribution in [0.4, 0.5) is 0 Å². The molecule has 0 unspecified atom stereocenters. The number of benzene rings is 1. The zero-order valence-corrected chi connectivity index (χ0v) is 7.47. The smallest absolute Gasteiger partial charge is 0.330 e. The highest BCUT2D eigenvalue weighted by Crippen LogP contribution is 2.22. The molecule has 0 spiro atoms. The average Bonchev–Trinajstić information content (AvgIpc) is 2.55. The first kappa shape index (κ1) is 7.17. The third kappa shape index (κ3) is 1.38. The molecule has 0 atom stereocenters. The topological polar surface area (TPSA) is 63.7 Å². The number of carbonyl (C=O) groups is 3. The van der Waals surface area contributed by atoms with Crippen LogP contribution in [-0.4, -0.2) is 22.8 Å². The lowest BCUT2D eigenvalue weighted by Crippen LogP contribution is -2.31. The summed E-state index contributed by atoms with van der Waals surface area (Å²) in [4.78, 5) is 38.7. The van der Waals surface area contributed by atoms with Crippen molar-refractivity contribution in [2.45, 2.75) is 6.88 Å². The second kappa shape index (κ2) is 3.20. The van der Waals surface area contributed by atoms with Gasteiger partial charge in [0, 0.05) is 9.62 Å². The molecule has 0 bridgehead atoms. The van der Waals surface area contributed by atoms with Crippen LogP contribution in [0.15, 0.2) is 24.3 Å². The molecule has 5 heteroatoms. The zero-order chi connectivity index (χ0) is 12.6. The number of carbonyl (C=O) groups excluding carboxylic acids is 3. The molecule has 2 rings (SSSR count). The lowest BCUT2D eigenvalue weighted by atomic mass is 10.1. The molecule has 5 nitrogen and oxygen atoms in total. The average molecular weight is 209 g/mol. The molecule has 1 aliphatic rings. The highest BCUT2D eigenvalue weighted by atomic mass is 16.7. The summed E-state index contributed by atoms with van der Waals surface area (Å²) in [7, 11) is 0. The molecule has 0 aromatic heterocycles. The fourth-order valence-electron chi connectivity index (χ4n) is 1.34. The quantitative estimate of drug-likeness (QED) is 0.640. The number of amides is 2. The molecule has 1 aromatic carbocycles. The molecule has 15 heavy (non-hydrogen) atoms. The third-order valence-electron chi connectivity index (χ3n) is 1.94. The summed E-state index contributed by atoms with van der Waals surface area (Å²) in [5.74, 6) is -2.81. The van der Waals surface area contributed by atoms with Gasteiger partial charge in [0.15, 0.2) is 0 Å². The van der Waals surface area contributed by atoms with Crippen LogP contribution < -0.4 is 0 Å². The van der Waals surface area contributed by atoms with Crippen LogP contribution in [0.1, 0.15) is 30.3 Å². The normalized spacial score (nSPS) is 16.2. The summed E-state index contributed by atoms with van der Waals surface area (Å²) in [6, 6.07) is 6.02. The van der Waals surface area contributed by atoms with Gasteiger partial charge in [0.05, 0.1) is 11.1 Å². The van der Waals surface area contributed by atoms with E-state index in [0.717, 1.165) is 0 Å². The molecule has 0 fully saturated rings. The molecule has 0 aliphatic carbocycles. The van der Waals surface area contributed by atoms with E-state index in [1.54, 1.807) is 12.1 Å². The van der Waals surface area contributed by atoms with Gasteiger partial charge in [0.2, 0.25) is 0 Å². The second-order valence-electron chi connectivity index (χ2n) is 2.86. The Morgan fingerprint density at radius 2 is 1.80 bits per heavy atom. The van der Waals surface area contributed by atoms with Crippen molar-refractivity contribution in [1.82, 2.24) is 5.06 Å². The molecule has 76 valence electrons. The van der Waals surface area contributed by atoms with Crippen LogP contribution in [0.2, 0.25) is 0 Å². The summed E-state index contributed by atoms with van der Waals surface area (Å²) in [5.41, 5.74) is 0.272. The molecule has 0 N–H and O–H groups in total. The third-order valence-corrected chi connectivity index (χ3v) is 1.94. The SMILES string of the molecule is [3H]C([3H])C(=O)ON1C(=O)c2ccccc2C1=O. The number of rotatable bonds is 1. The van der Waals surface area contributed by atoms with E-state index in [1.165, 1.54) is 12.1 Å². The summed E-state index contributed by atoms with van der Waals surface area (Å²) in [5, 5.41) is 0.281. The first-order chi connectivity index (χ1) is 8.02. The molecule has 0 saturated carbocycles. The first-order valence-electron chi connectivity index (χ1n) is 5.22. The molecule has 2 amide bonds. The Labute approximate surface area is 88.0 Å². The number of hydrogen-bond donors (Lipinski definition) is 0. The summed E-state index contributed by atoms with van der Waals surface area (Å²) >= 11 is 0. The highest BCUT2D eigenvalue weighted by Gasteiger charge is 2.37. The lowest BCUT2D eigenvalue weighted by molar-refractivity contribution is -0.165. The van der Waals surface area contributed by atoms with Gasteiger partial charge in [-0.2, -0.15) is 0 Å². The zero-order valence-electron chi connectivity index (χ0n) is 9.47. The van der Waals surface area contributed by atoms with Gasteiger partial charge in [0.1, 0.15) is 0 Å². The Morgan fingerprint density at radius 1 is 1.27 bits per heavy atom. The number of hydroxylamine groups is 2. The maximum absolute atomic E-state index is 11.7. The fourth-order valence-corrected chi connectivity index (χ4v) is 1.34. The second-order valence-corrected chi connectivity index (χ2v) is 2.86. The Bertz CT molecular complexity index is 480. The van der Waals surface area contributed by atoms with Gasteiger partial charge in [-0.15, -0.1) is 0 Å². The molecule has 0 radical (unpaired) electrons. The number of imide groups is 1. The van der Waals surface area contributed by atoms with Crippen LogP contribution in [0.3, 0.4) is 0 Å². The summed E-state index contributed by atoms with van der Waals surface area (Å²) in [6.45, 7) is -1.90. The molecular formula is C10H7NO4. The molecular weight excluding hydrogens is 198 g/mol. The predicted octanol–water partition coefficient (Wildman–Crippen LogP) is 0.761. The van der Waals surface area contributed by atoms with E-state index < -0.39 is 24.7 Å². The van der Waals surface area contributed by atoms with Crippen LogP contribution in [-0.2, 0) is 9.63 Å². The first-order valence-corrected chi connectivity index (χ1v) is 4.06. The van der Waals surface area contributed by atoms with Crippen molar-refractivity contribution in [3.05, 3.63) is 35.4 Å². The van der Waals surface area contributed by atoms with E-state index in [0.29, 0.717) is 0 Å². The van der Waals surface area contributed by atoms with Crippen LogP contribution in [0, 0.1) is 0 Å². The van der Waals surface area contributed by atoms with Crippen molar-refractivity contribution in [2.75, 3.05) is 0 Å². The molecule has 1 heterocycles. The fraction of sp³-hybridized carbons (Fsp3) is 0.100. The summed E-state index contributed by atoms with van der Waals surface area (Å²) < 4.78 is 13.6. The largest absolute Gasteiger partial charge is 0.330 e. The van der Waals surface area contributed by atoms with Gasteiger partial charge in [-0.25, -0.2) is 4.79 Å². The van der Waals surface area contributed by atoms with Crippen molar-refractivity contribution in [2.24, 2.45) is 0 Å². The van der Waals surface area contributed by atoms with Crippen molar-refractivity contribution < 1.29 is 22.0 Å². The van der Waals surface area contributed by atoms with E-state index in [9.17, 15) is 14.4 Å². The maximum atomic E-state index is 11.7. The van der Waals surface area contributed by atoms with E-state index in [-0.39, 0.29) is 16.2 Å². The highest BCUT2D eigenvalue weighted by molar-refractivity contribution is 6.20. The van der Waals surface area contributed by atoms with Gasteiger partial charge in [-0.3, -0.25) is 9.59 Å². The molecule has 1 aliphatic heterocycles. The molecule has 1 aromatic rings. The van der Waals surface area contributed by atoms with Crippen LogP contribution >= 0.6 is 0 Å². The standard InChI is InChI=1S/C10H7NO4/c1-6(12)15-11-9(13)7-4-2-3-5-8(7)10(11)14/h2-5H,1H3/i1T2. The monoisotopic (exact) mass is 209 g/mol. The van der Waals surface area contributed by atoms with Crippen LogP contribution in [0.5, 0.6) is 0 Å². The maximum Gasteiger partial charge on any atom is 0.330 e.